The van der Waals surface area contributed by atoms with E-state index in [1.54, 1.807) is 0 Å². The van der Waals surface area contributed by atoms with Crippen LogP contribution in [0, 0.1) is 0 Å². The maximum atomic E-state index is 10.6. The molecule has 0 aromatic carbocycles. The number of rotatable bonds is 33. The molecule has 230 valence electrons. The van der Waals surface area contributed by atoms with Gasteiger partial charge in [0.15, 0.2) is 0 Å². The molecule has 0 fully saturated rings. The summed E-state index contributed by atoms with van der Waals surface area (Å²) in [5.74, 6) is 0. The van der Waals surface area contributed by atoms with Crippen LogP contribution >= 0.6 is 30.4 Å². The highest BCUT2D eigenvalue weighted by molar-refractivity contribution is 14.1. The minimum Gasteiger partial charge on any atom is -0.303 e. The highest BCUT2D eigenvalue weighted by atomic mass is 127. The SMILES string of the molecule is O=P(O)(O)OCCCCCCCCCCCCCCCCCCCCCCCCCCCCCCCCI. The fraction of sp³-hybridized carbons (Fsp3) is 1.00. The normalized spacial score (nSPS) is 12.0. The number of alkyl halides is 1. The van der Waals surface area contributed by atoms with Crippen molar-refractivity contribution in [3.63, 3.8) is 0 Å². The molecule has 0 saturated heterocycles. The van der Waals surface area contributed by atoms with Gasteiger partial charge in [0.1, 0.15) is 0 Å². The summed E-state index contributed by atoms with van der Waals surface area (Å²) in [6, 6.07) is 0. The predicted octanol–water partition coefficient (Wildman–Crippen LogP) is 12.2. The van der Waals surface area contributed by atoms with Crippen LogP contribution in [-0.2, 0) is 9.09 Å². The Bertz CT molecular complexity index is 486. The number of phosphoric acid groups is 1. The lowest BCUT2D eigenvalue weighted by Crippen LogP contribution is -1.92. The van der Waals surface area contributed by atoms with E-state index in [2.05, 4.69) is 27.1 Å². The van der Waals surface area contributed by atoms with Gasteiger partial charge in [-0.05, 0) is 17.3 Å². The molecule has 0 aliphatic heterocycles. The number of unbranched alkanes of at least 4 members (excludes halogenated alkanes) is 29. The molecule has 0 saturated carbocycles. The maximum absolute atomic E-state index is 10.6. The summed E-state index contributed by atoms with van der Waals surface area (Å²) in [5, 5.41) is 0. The Labute approximate surface area is 252 Å². The molecule has 0 rings (SSSR count). The second-order valence-electron chi connectivity index (χ2n) is 11.6. The van der Waals surface area contributed by atoms with Crippen molar-refractivity contribution in [2.45, 2.75) is 193 Å². The first-order valence-electron chi connectivity index (χ1n) is 16.8. The standard InChI is InChI=1S/C32H66IO4P/c33-31-29-27-25-23-21-19-17-15-13-11-9-7-5-3-1-2-4-6-8-10-12-14-16-18-20-22-24-26-28-30-32-37-38(34,35)36/h1-32H2,(H2,34,35,36). The van der Waals surface area contributed by atoms with Crippen LogP contribution in [0.1, 0.15) is 193 Å². The Morgan fingerprint density at radius 2 is 0.553 bits per heavy atom. The lowest BCUT2D eigenvalue weighted by Gasteiger charge is -2.05. The van der Waals surface area contributed by atoms with E-state index in [0.29, 0.717) is 0 Å². The van der Waals surface area contributed by atoms with Crippen LogP contribution in [-0.4, -0.2) is 20.8 Å². The summed E-state index contributed by atoms with van der Waals surface area (Å²) < 4.78 is 16.4. The zero-order valence-corrected chi connectivity index (χ0v) is 28.2. The first kappa shape index (κ1) is 38.8. The van der Waals surface area contributed by atoms with Crippen molar-refractivity contribution in [3.05, 3.63) is 0 Å². The third kappa shape index (κ3) is 36.8. The summed E-state index contributed by atoms with van der Waals surface area (Å²) in [7, 11) is -4.27. The maximum Gasteiger partial charge on any atom is 0.469 e. The lowest BCUT2D eigenvalue weighted by molar-refractivity contribution is 0.193. The molecule has 0 aromatic rings. The first-order valence-corrected chi connectivity index (χ1v) is 19.9. The second kappa shape index (κ2) is 32.4. The Morgan fingerprint density at radius 3 is 0.737 bits per heavy atom. The van der Waals surface area contributed by atoms with Crippen LogP contribution in [0.5, 0.6) is 0 Å². The molecule has 0 aromatic heterocycles. The number of halogens is 1. The Hall–Kier alpha value is 0.840. The third-order valence-corrected chi connectivity index (χ3v) is 9.07. The van der Waals surface area contributed by atoms with E-state index in [0.717, 1.165) is 19.3 Å². The molecule has 0 bridgehead atoms. The van der Waals surface area contributed by atoms with Gasteiger partial charge < -0.3 is 9.79 Å². The Morgan fingerprint density at radius 1 is 0.368 bits per heavy atom. The molecule has 0 radical (unpaired) electrons. The fourth-order valence-electron chi connectivity index (χ4n) is 5.33. The second-order valence-corrected chi connectivity index (χ2v) is 13.9. The van der Waals surface area contributed by atoms with Gasteiger partial charge in [0.2, 0.25) is 0 Å². The van der Waals surface area contributed by atoms with Gasteiger partial charge in [-0.3, -0.25) is 4.52 Å². The molecule has 4 nitrogen and oxygen atoms in total. The van der Waals surface area contributed by atoms with Crippen LogP contribution in [0.15, 0.2) is 0 Å². The van der Waals surface area contributed by atoms with E-state index >= 15 is 0 Å². The van der Waals surface area contributed by atoms with Gasteiger partial charge in [0.25, 0.3) is 0 Å². The molecule has 0 heterocycles. The quantitative estimate of drug-likeness (QED) is 0.0315. The van der Waals surface area contributed by atoms with Crippen molar-refractivity contribution < 1.29 is 18.9 Å². The van der Waals surface area contributed by atoms with E-state index in [9.17, 15) is 4.57 Å². The molecule has 6 heteroatoms. The Kier molecular flexibility index (Phi) is 33.1. The number of hydrogen-bond acceptors (Lipinski definition) is 2. The minimum atomic E-state index is -4.27. The van der Waals surface area contributed by atoms with Crippen molar-refractivity contribution in [1.82, 2.24) is 0 Å². The summed E-state index contributed by atoms with van der Waals surface area (Å²) >= 11 is 2.49. The monoisotopic (exact) mass is 672 g/mol. The molecule has 0 aliphatic carbocycles. The van der Waals surface area contributed by atoms with Gasteiger partial charge in [0, 0.05) is 0 Å². The van der Waals surface area contributed by atoms with Gasteiger partial charge in [-0.15, -0.1) is 0 Å². The lowest BCUT2D eigenvalue weighted by atomic mass is 10.0. The smallest absolute Gasteiger partial charge is 0.303 e. The highest BCUT2D eigenvalue weighted by Crippen LogP contribution is 2.35. The molecular weight excluding hydrogens is 606 g/mol. The summed E-state index contributed by atoms with van der Waals surface area (Å²) in [6.45, 7) is 0.170. The number of phosphoric ester groups is 1. The molecular formula is C32H66IO4P. The van der Waals surface area contributed by atoms with Crippen molar-refractivity contribution in [1.29, 1.82) is 0 Å². The summed E-state index contributed by atoms with van der Waals surface area (Å²) in [5.41, 5.74) is 0. The molecule has 0 spiro atoms. The topological polar surface area (TPSA) is 66.8 Å². The van der Waals surface area contributed by atoms with Crippen LogP contribution in [0.2, 0.25) is 0 Å². The van der Waals surface area contributed by atoms with Gasteiger partial charge in [0.05, 0.1) is 6.61 Å². The third-order valence-electron chi connectivity index (χ3n) is 7.79. The van der Waals surface area contributed by atoms with Crippen LogP contribution < -0.4 is 0 Å². The molecule has 38 heavy (non-hydrogen) atoms. The van der Waals surface area contributed by atoms with E-state index in [1.807, 2.05) is 0 Å². The number of hydrogen-bond donors (Lipinski definition) is 2. The van der Waals surface area contributed by atoms with Gasteiger partial charge in [-0.25, -0.2) is 4.57 Å². The first-order chi connectivity index (χ1) is 18.6. The van der Waals surface area contributed by atoms with Crippen LogP contribution in [0.3, 0.4) is 0 Å². The molecule has 0 atom stereocenters. The summed E-state index contributed by atoms with van der Waals surface area (Å²) in [6.07, 6.45) is 41.4. The van der Waals surface area contributed by atoms with E-state index in [1.165, 1.54) is 178 Å². The van der Waals surface area contributed by atoms with Crippen molar-refractivity contribution in [3.8, 4) is 0 Å². The van der Waals surface area contributed by atoms with Gasteiger partial charge >= 0.3 is 7.82 Å². The van der Waals surface area contributed by atoms with Crippen LogP contribution in [0.25, 0.3) is 0 Å². The van der Waals surface area contributed by atoms with E-state index in [-0.39, 0.29) is 6.61 Å². The summed E-state index contributed by atoms with van der Waals surface area (Å²) in [4.78, 5) is 17.2. The zero-order valence-electron chi connectivity index (χ0n) is 25.2. The molecule has 0 amide bonds. The average molecular weight is 673 g/mol. The molecule has 0 unspecified atom stereocenters. The fourth-order valence-corrected chi connectivity index (χ4v) is 6.24. The average Bonchev–Trinajstić information content (AvgIpc) is 2.88. The highest BCUT2D eigenvalue weighted by Gasteiger charge is 2.12. The van der Waals surface area contributed by atoms with Crippen LogP contribution in [0.4, 0.5) is 0 Å². The minimum absolute atomic E-state index is 0.170. The van der Waals surface area contributed by atoms with Crippen molar-refractivity contribution in [2.24, 2.45) is 0 Å². The largest absolute Gasteiger partial charge is 0.469 e. The van der Waals surface area contributed by atoms with Gasteiger partial charge in [-0.1, -0.05) is 202 Å². The zero-order chi connectivity index (χ0) is 27.8. The molecule has 0 aliphatic rings. The van der Waals surface area contributed by atoms with E-state index < -0.39 is 7.82 Å². The van der Waals surface area contributed by atoms with Crippen molar-refractivity contribution in [2.75, 3.05) is 11.0 Å². The van der Waals surface area contributed by atoms with E-state index in [4.69, 9.17) is 9.79 Å². The van der Waals surface area contributed by atoms with Crippen molar-refractivity contribution >= 4 is 30.4 Å². The predicted molar refractivity (Wildman–Crippen MR) is 175 cm³/mol. The Balaban J connectivity index is 3.04. The van der Waals surface area contributed by atoms with Gasteiger partial charge in [-0.2, -0.15) is 0 Å². The molecule has 2 N–H and O–H groups in total.